The zero-order valence-corrected chi connectivity index (χ0v) is 17.3. The van der Waals surface area contributed by atoms with Crippen molar-refractivity contribution >= 4 is 11.9 Å². The standard InChI is InChI=1S/C22H34N4O3/c27-21(28)17-25-14-8-18(9-15-25)22(29)24-11-2-1-3-12-26-13-5-7-20(26)19-6-4-10-23-16-19/h4,6,10,16,18,20H,1-3,5,7-9,11-15,17H2,(H,24,29)(H,27,28). The second-order valence-corrected chi connectivity index (χ2v) is 8.28. The molecule has 7 nitrogen and oxygen atoms in total. The van der Waals surface area contributed by atoms with Gasteiger partial charge in [-0.1, -0.05) is 12.5 Å². The van der Waals surface area contributed by atoms with Gasteiger partial charge in [-0.25, -0.2) is 0 Å². The van der Waals surface area contributed by atoms with Gasteiger partial charge in [0.25, 0.3) is 0 Å². The van der Waals surface area contributed by atoms with Crippen molar-refractivity contribution in [2.75, 3.05) is 39.3 Å². The number of rotatable bonds is 10. The van der Waals surface area contributed by atoms with Crippen molar-refractivity contribution < 1.29 is 14.7 Å². The first-order valence-corrected chi connectivity index (χ1v) is 11.0. The van der Waals surface area contributed by atoms with Crippen LogP contribution in [0.25, 0.3) is 0 Å². The highest BCUT2D eigenvalue weighted by atomic mass is 16.4. The van der Waals surface area contributed by atoms with Crippen molar-refractivity contribution in [1.29, 1.82) is 0 Å². The van der Waals surface area contributed by atoms with Crippen molar-refractivity contribution in [3.8, 4) is 0 Å². The molecule has 1 aromatic rings. The van der Waals surface area contributed by atoms with Gasteiger partial charge in [0, 0.05) is 30.9 Å². The minimum absolute atomic E-state index is 0.0323. The highest BCUT2D eigenvalue weighted by molar-refractivity contribution is 5.78. The van der Waals surface area contributed by atoms with Gasteiger partial charge in [-0.05, 0) is 76.3 Å². The van der Waals surface area contributed by atoms with E-state index in [1.165, 1.54) is 18.4 Å². The quantitative estimate of drug-likeness (QED) is 0.584. The molecule has 0 bridgehead atoms. The predicted octanol–water partition coefficient (Wildman–Crippen LogP) is 2.30. The number of pyridine rings is 1. The lowest BCUT2D eigenvalue weighted by atomic mass is 9.96. The number of hydrogen-bond donors (Lipinski definition) is 2. The number of nitrogens with one attached hydrogen (secondary N) is 1. The molecule has 0 spiro atoms. The van der Waals surface area contributed by atoms with E-state index in [1.807, 2.05) is 23.4 Å². The molecule has 2 aliphatic heterocycles. The Hall–Kier alpha value is -1.99. The lowest BCUT2D eigenvalue weighted by Crippen LogP contribution is -2.42. The van der Waals surface area contributed by atoms with Crippen LogP contribution >= 0.6 is 0 Å². The summed E-state index contributed by atoms with van der Waals surface area (Å²) < 4.78 is 0. The van der Waals surface area contributed by atoms with Gasteiger partial charge in [0.15, 0.2) is 0 Å². The van der Waals surface area contributed by atoms with Crippen LogP contribution < -0.4 is 5.32 Å². The van der Waals surface area contributed by atoms with Crippen LogP contribution in [0.1, 0.15) is 56.6 Å². The van der Waals surface area contributed by atoms with Gasteiger partial charge in [0.05, 0.1) is 6.54 Å². The summed E-state index contributed by atoms with van der Waals surface area (Å²) in [5.74, 6) is -0.630. The first kappa shape index (κ1) is 21.7. The van der Waals surface area contributed by atoms with Crippen molar-refractivity contribution in [3.63, 3.8) is 0 Å². The maximum atomic E-state index is 12.3. The summed E-state index contributed by atoms with van der Waals surface area (Å²) in [6.45, 7) is 4.47. The van der Waals surface area contributed by atoms with Crippen LogP contribution in [0.4, 0.5) is 0 Å². The number of aliphatic carboxylic acids is 1. The number of carboxylic acid groups (broad SMARTS) is 1. The number of carbonyl (C=O) groups is 2. The number of nitrogens with zero attached hydrogens (tertiary/aromatic N) is 3. The van der Waals surface area contributed by atoms with Crippen LogP contribution in [-0.2, 0) is 9.59 Å². The predicted molar refractivity (Wildman–Crippen MR) is 111 cm³/mol. The Labute approximate surface area is 173 Å². The molecule has 2 aliphatic rings. The zero-order valence-electron chi connectivity index (χ0n) is 17.3. The van der Waals surface area contributed by atoms with E-state index < -0.39 is 5.97 Å². The van der Waals surface area contributed by atoms with Crippen LogP contribution in [0.5, 0.6) is 0 Å². The third kappa shape index (κ3) is 6.78. The zero-order chi connectivity index (χ0) is 20.5. The SMILES string of the molecule is O=C(O)CN1CCC(C(=O)NCCCCCN2CCCC2c2cccnc2)CC1. The van der Waals surface area contributed by atoms with E-state index in [4.69, 9.17) is 5.11 Å². The van der Waals surface area contributed by atoms with E-state index in [1.54, 1.807) is 0 Å². The Morgan fingerprint density at radius 1 is 1.14 bits per heavy atom. The van der Waals surface area contributed by atoms with Crippen molar-refractivity contribution in [2.45, 2.75) is 51.0 Å². The van der Waals surface area contributed by atoms with Crippen LogP contribution in [0, 0.1) is 5.92 Å². The normalized spacial score (nSPS) is 21.3. The molecular formula is C22H34N4O3. The summed E-state index contributed by atoms with van der Waals surface area (Å²) in [4.78, 5) is 31.8. The molecule has 29 heavy (non-hydrogen) atoms. The Morgan fingerprint density at radius 3 is 2.69 bits per heavy atom. The molecule has 0 aliphatic carbocycles. The van der Waals surface area contributed by atoms with Gasteiger partial charge in [-0.15, -0.1) is 0 Å². The summed E-state index contributed by atoms with van der Waals surface area (Å²) in [6, 6.07) is 4.71. The Bertz CT molecular complexity index is 647. The molecule has 1 unspecified atom stereocenters. The highest BCUT2D eigenvalue weighted by Gasteiger charge is 2.26. The second kappa shape index (κ2) is 11.3. The first-order chi connectivity index (χ1) is 14.1. The average Bonchev–Trinajstić information content (AvgIpc) is 3.19. The maximum absolute atomic E-state index is 12.3. The number of carbonyl (C=O) groups excluding carboxylic acids is 1. The molecule has 3 heterocycles. The van der Waals surface area contributed by atoms with E-state index in [2.05, 4.69) is 21.3 Å². The van der Waals surface area contributed by atoms with Crippen LogP contribution in [0.3, 0.4) is 0 Å². The molecule has 3 rings (SSSR count). The van der Waals surface area contributed by atoms with E-state index in [9.17, 15) is 9.59 Å². The molecule has 2 saturated heterocycles. The molecule has 0 aromatic carbocycles. The summed E-state index contributed by atoms with van der Waals surface area (Å²) in [5, 5.41) is 11.9. The first-order valence-electron chi connectivity index (χ1n) is 11.0. The number of carboxylic acids is 1. The number of likely N-dealkylation sites (tertiary alicyclic amines) is 2. The lowest BCUT2D eigenvalue weighted by Gasteiger charge is -2.30. The molecule has 2 fully saturated rings. The third-order valence-corrected chi connectivity index (χ3v) is 6.17. The van der Waals surface area contributed by atoms with Gasteiger partial charge in [-0.2, -0.15) is 0 Å². The number of piperidine rings is 1. The lowest BCUT2D eigenvalue weighted by molar-refractivity contribution is -0.138. The van der Waals surface area contributed by atoms with Gasteiger partial charge >= 0.3 is 5.97 Å². The van der Waals surface area contributed by atoms with Crippen molar-refractivity contribution in [2.24, 2.45) is 5.92 Å². The summed E-state index contributed by atoms with van der Waals surface area (Å²) in [7, 11) is 0. The van der Waals surface area contributed by atoms with Crippen molar-refractivity contribution in [3.05, 3.63) is 30.1 Å². The maximum Gasteiger partial charge on any atom is 0.317 e. The topological polar surface area (TPSA) is 85.8 Å². The van der Waals surface area contributed by atoms with Gasteiger partial charge in [0.1, 0.15) is 0 Å². The molecule has 7 heteroatoms. The molecule has 0 radical (unpaired) electrons. The summed E-state index contributed by atoms with van der Waals surface area (Å²) in [6.07, 6.45) is 11.1. The Kier molecular flexibility index (Phi) is 8.43. The largest absolute Gasteiger partial charge is 0.480 e. The highest BCUT2D eigenvalue weighted by Crippen LogP contribution is 2.31. The van der Waals surface area contributed by atoms with E-state index in [-0.39, 0.29) is 18.4 Å². The Balaban J connectivity index is 1.26. The van der Waals surface area contributed by atoms with E-state index in [0.29, 0.717) is 19.1 Å². The molecular weight excluding hydrogens is 368 g/mol. The number of hydrogen-bond acceptors (Lipinski definition) is 5. The number of amides is 1. The Morgan fingerprint density at radius 2 is 1.97 bits per heavy atom. The fraction of sp³-hybridized carbons (Fsp3) is 0.682. The molecule has 160 valence electrons. The molecule has 0 saturated carbocycles. The molecule has 2 N–H and O–H groups in total. The van der Waals surface area contributed by atoms with Gasteiger partial charge in [-0.3, -0.25) is 24.4 Å². The fourth-order valence-electron chi connectivity index (χ4n) is 4.56. The van der Waals surface area contributed by atoms with Crippen LogP contribution in [0.15, 0.2) is 24.5 Å². The molecule has 1 amide bonds. The van der Waals surface area contributed by atoms with Gasteiger partial charge in [0.2, 0.25) is 5.91 Å². The number of aromatic nitrogens is 1. The minimum atomic E-state index is -0.798. The minimum Gasteiger partial charge on any atom is -0.480 e. The van der Waals surface area contributed by atoms with Crippen LogP contribution in [0.2, 0.25) is 0 Å². The average molecular weight is 403 g/mol. The van der Waals surface area contributed by atoms with Crippen molar-refractivity contribution in [1.82, 2.24) is 20.1 Å². The number of unbranched alkanes of at least 4 members (excludes halogenated alkanes) is 2. The van der Waals surface area contributed by atoms with Gasteiger partial charge < -0.3 is 10.4 Å². The van der Waals surface area contributed by atoms with Crippen LogP contribution in [-0.4, -0.2) is 71.0 Å². The monoisotopic (exact) mass is 402 g/mol. The smallest absolute Gasteiger partial charge is 0.317 e. The molecule has 1 aromatic heterocycles. The molecule has 1 atom stereocenters. The summed E-state index contributed by atoms with van der Waals surface area (Å²) in [5.41, 5.74) is 1.33. The fourth-order valence-corrected chi connectivity index (χ4v) is 4.56. The summed E-state index contributed by atoms with van der Waals surface area (Å²) >= 11 is 0. The van der Waals surface area contributed by atoms with E-state index in [0.717, 1.165) is 51.7 Å². The third-order valence-electron chi connectivity index (χ3n) is 6.17. The second-order valence-electron chi connectivity index (χ2n) is 8.28. The van der Waals surface area contributed by atoms with E-state index >= 15 is 0 Å².